The van der Waals surface area contributed by atoms with Crippen molar-refractivity contribution in [1.82, 2.24) is 19.7 Å². The van der Waals surface area contributed by atoms with Crippen molar-refractivity contribution in [3.8, 4) is 0 Å². The lowest BCUT2D eigenvalue weighted by atomic mass is 10.2. The van der Waals surface area contributed by atoms with Gasteiger partial charge in [-0.05, 0) is 38.5 Å². The average molecular weight is 449 g/mol. The summed E-state index contributed by atoms with van der Waals surface area (Å²) in [6, 6.07) is 3.83. The summed E-state index contributed by atoms with van der Waals surface area (Å²) < 4.78 is 16.4. The molecule has 2 rings (SSSR count). The number of benzene rings is 1. The van der Waals surface area contributed by atoms with E-state index in [0.717, 1.165) is 7.11 Å². The summed E-state index contributed by atoms with van der Waals surface area (Å²) in [5, 5.41) is 14.6. The molecule has 2 amide bonds. The minimum Gasteiger partial charge on any atom is -0.467 e. The molecule has 0 N–H and O–H groups in total. The van der Waals surface area contributed by atoms with E-state index in [1.165, 1.54) is 41.6 Å². The molecule has 0 unspecified atom stereocenters. The molecule has 32 heavy (non-hydrogen) atoms. The molecule has 0 radical (unpaired) electrons. The summed E-state index contributed by atoms with van der Waals surface area (Å²) in [6.45, 7) is 4.22. The number of carbonyl (C=O) groups is 3. The number of nitro benzene ring substituents is 1. The number of nitrogens with zero attached hydrogens (tertiary/aromatic N) is 5. The fourth-order valence-electron chi connectivity index (χ4n) is 2.47. The van der Waals surface area contributed by atoms with E-state index in [1.807, 2.05) is 0 Å². The second-order valence-electron chi connectivity index (χ2n) is 7.48. The molecule has 0 saturated carbocycles. The van der Waals surface area contributed by atoms with Gasteiger partial charge in [0.05, 0.1) is 18.6 Å². The fourth-order valence-corrected chi connectivity index (χ4v) is 2.47. The number of aromatic nitrogens is 3. The van der Waals surface area contributed by atoms with Gasteiger partial charge in [-0.1, -0.05) is 0 Å². The van der Waals surface area contributed by atoms with Crippen LogP contribution in [-0.4, -0.2) is 61.5 Å². The molecule has 1 aromatic carbocycles. The molecule has 0 bridgehead atoms. The molecule has 0 aliphatic carbocycles. The highest BCUT2D eigenvalue weighted by atomic mass is 16.6. The minimum atomic E-state index is -1.46. The standard InChI is InChI=1S/C19H23N5O8/c1-19(2,3)32-18(27)23(15(16(25)30-4)9-22-12-20-11-21-22)17(26)31-10-13-5-7-14(8-6-13)24(28)29/h5-8,11-12,15H,9-10H2,1-4H3/t15-/m0/s1. The summed E-state index contributed by atoms with van der Waals surface area (Å²) in [5.74, 6) is -0.904. The third-order valence-electron chi connectivity index (χ3n) is 3.91. The number of carbonyl (C=O) groups excluding carboxylic acids is 3. The molecule has 0 spiro atoms. The van der Waals surface area contributed by atoms with Crippen molar-refractivity contribution in [3.05, 3.63) is 52.6 Å². The van der Waals surface area contributed by atoms with Gasteiger partial charge in [-0.25, -0.2) is 19.4 Å². The Morgan fingerprint density at radius 1 is 1.19 bits per heavy atom. The van der Waals surface area contributed by atoms with Gasteiger partial charge in [0.15, 0.2) is 6.04 Å². The van der Waals surface area contributed by atoms with Crippen LogP contribution < -0.4 is 0 Å². The van der Waals surface area contributed by atoms with Gasteiger partial charge < -0.3 is 14.2 Å². The van der Waals surface area contributed by atoms with Crippen LogP contribution in [0.25, 0.3) is 0 Å². The van der Waals surface area contributed by atoms with E-state index >= 15 is 0 Å². The monoisotopic (exact) mass is 449 g/mol. The number of hydrogen-bond donors (Lipinski definition) is 0. The van der Waals surface area contributed by atoms with E-state index in [4.69, 9.17) is 14.2 Å². The Morgan fingerprint density at radius 3 is 2.34 bits per heavy atom. The van der Waals surface area contributed by atoms with E-state index in [9.17, 15) is 24.5 Å². The van der Waals surface area contributed by atoms with Crippen LogP contribution in [0.2, 0.25) is 0 Å². The van der Waals surface area contributed by atoms with Gasteiger partial charge in [0, 0.05) is 12.1 Å². The van der Waals surface area contributed by atoms with Crippen molar-refractivity contribution in [2.75, 3.05) is 7.11 Å². The van der Waals surface area contributed by atoms with Crippen molar-refractivity contribution in [1.29, 1.82) is 0 Å². The van der Waals surface area contributed by atoms with Crippen LogP contribution in [0, 0.1) is 10.1 Å². The van der Waals surface area contributed by atoms with Crippen molar-refractivity contribution in [2.45, 2.75) is 45.6 Å². The van der Waals surface area contributed by atoms with Crippen molar-refractivity contribution in [3.63, 3.8) is 0 Å². The number of methoxy groups -OCH3 is 1. The molecule has 1 aromatic heterocycles. The van der Waals surface area contributed by atoms with Crippen LogP contribution >= 0.6 is 0 Å². The first-order chi connectivity index (χ1) is 15.0. The van der Waals surface area contributed by atoms with E-state index < -0.39 is 34.7 Å². The second-order valence-corrected chi connectivity index (χ2v) is 7.48. The van der Waals surface area contributed by atoms with E-state index in [2.05, 4.69) is 10.1 Å². The molecule has 2 aromatic rings. The lowest BCUT2D eigenvalue weighted by Gasteiger charge is -2.29. The molecule has 0 aliphatic rings. The molecule has 13 heteroatoms. The summed E-state index contributed by atoms with van der Waals surface area (Å²) in [6.07, 6.45) is 0.222. The molecule has 172 valence electrons. The summed E-state index contributed by atoms with van der Waals surface area (Å²) >= 11 is 0. The zero-order valence-electron chi connectivity index (χ0n) is 18.0. The average Bonchev–Trinajstić information content (AvgIpc) is 3.23. The molecular formula is C19H23N5O8. The van der Waals surface area contributed by atoms with E-state index in [-0.39, 0.29) is 18.8 Å². The number of esters is 1. The van der Waals surface area contributed by atoms with Crippen LogP contribution in [0.1, 0.15) is 26.3 Å². The predicted molar refractivity (Wildman–Crippen MR) is 107 cm³/mol. The third-order valence-corrected chi connectivity index (χ3v) is 3.91. The first-order valence-electron chi connectivity index (χ1n) is 9.34. The van der Waals surface area contributed by atoms with E-state index in [0.29, 0.717) is 10.5 Å². The minimum absolute atomic E-state index is 0.131. The van der Waals surface area contributed by atoms with Gasteiger partial charge in [0.1, 0.15) is 24.9 Å². The Bertz CT molecular complexity index is 953. The number of rotatable bonds is 7. The van der Waals surface area contributed by atoms with Gasteiger partial charge in [-0.15, -0.1) is 0 Å². The van der Waals surface area contributed by atoms with Gasteiger partial charge >= 0.3 is 18.2 Å². The number of hydrogen-bond acceptors (Lipinski definition) is 10. The first kappa shape index (κ1) is 24.2. The largest absolute Gasteiger partial charge is 0.467 e. The summed E-state index contributed by atoms with van der Waals surface area (Å²) in [4.78, 5) is 52.5. The Kier molecular flexibility index (Phi) is 7.82. The zero-order valence-corrected chi connectivity index (χ0v) is 18.0. The predicted octanol–water partition coefficient (Wildman–Crippen LogP) is 2.30. The number of nitro groups is 1. The van der Waals surface area contributed by atoms with Crippen molar-refractivity contribution in [2.24, 2.45) is 0 Å². The first-order valence-corrected chi connectivity index (χ1v) is 9.34. The summed E-state index contributed by atoms with van der Waals surface area (Å²) in [7, 11) is 1.10. The van der Waals surface area contributed by atoms with Gasteiger partial charge in [0.25, 0.3) is 5.69 Å². The number of imide groups is 1. The smallest absolute Gasteiger partial charge is 0.420 e. The maximum absolute atomic E-state index is 12.9. The normalized spacial score (nSPS) is 11.9. The topological polar surface area (TPSA) is 156 Å². The highest BCUT2D eigenvalue weighted by Crippen LogP contribution is 2.17. The molecule has 0 saturated heterocycles. The Labute approximate surface area is 183 Å². The van der Waals surface area contributed by atoms with Crippen LogP contribution in [0.4, 0.5) is 15.3 Å². The molecule has 1 heterocycles. The Hall–Kier alpha value is -4.03. The molecule has 13 nitrogen and oxygen atoms in total. The van der Waals surface area contributed by atoms with Crippen molar-refractivity contribution < 1.29 is 33.5 Å². The van der Waals surface area contributed by atoms with Crippen molar-refractivity contribution >= 4 is 23.8 Å². The Balaban J connectivity index is 2.26. The van der Waals surface area contributed by atoms with Crippen LogP contribution in [0.3, 0.4) is 0 Å². The SMILES string of the molecule is COC(=O)[C@H](Cn1cncn1)N(C(=O)OCc1ccc([N+](=O)[O-])cc1)C(=O)OC(C)(C)C. The number of non-ortho nitro benzene ring substituents is 1. The summed E-state index contributed by atoms with van der Waals surface area (Å²) in [5.41, 5.74) is -0.671. The molecular weight excluding hydrogens is 426 g/mol. The van der Waals surface area contributed by atoms with Gasteiger partial charge in [-0.2, -0.15) is 10.00 Å². The van der Waals surface area contributed by atoms with Crippen LogP contribution in [0.5, 0.6) is 0 Å². The van der Waals surface area contributed by atoms with Gasteiger partial charge in [0.2, 0.25) is 0 Å². The van der Waals surface area contributed by atoms with Crippen LogP contribution in [-0.2, 0) is 32.2 Å². The zero-order chi connectivity index (χ0) is 23.9. The number of amides is 2. The molecule has 0 aliphatic heterocycles. The quantitative estimate of drug-likeness (QED) is 0.266. The van der Waals surface area contributed by atoms with Crippen LogP contribution in [0.15, 0.2) is 36.9 Å². The highest BCUT2D eigenvalue weighted by molar-refractivity contribution is 5.94. The highest BCUT2D eigenvalue weighted by Gasteiger charge is 2.40. The third kappa shape index (κ3) is 6.75. The maximum Gasteiger partial charge on any atom is 0.420 e. The maximum atomic E-state index is 12.9. The fraction of sp³-hybridized carbons (Fsp3) is 0.421. The molecule has 1 atom stereocenters. The molecule has 0 fully saturated rings. The lowest BCUT2D eigenvalue weighted by molar-refractivity contribution is -0.384. The second kappa shape index (κ2) is 10.3. The number of ether oxygens (including phenoxy) is 3. The van der Waals surface area contributed by atoms with Gasteiger partial charge in [-0.3, -0.25) is 14.8 Å². The lowest BCUT2D eigenvalue weighted by Crippen LogP contribution is -2.52. The van der Waals surface area contributed by atoms with E-state index in [1.54, 1.807) is 20.8 Å². The Morgan fingerprint density at radius 2 is 1.84 bits per heavy atom.